The second kappa shape index (κ2) is 21.6. The third kappa shape index (κ3) is 14.3. The SMILES string of the molecule is CC[Si](CC)(CC)OC(CCC(=O)C#CCCO[Si](C)(C)C(C)(C)C)CCC(CCO[Si](c1ccccc1)(c1ccccc1)C(C)(C)C)O[Si](C)(C)C(C)(C)C. The number of carbonyl (C=O) groups excluding carboxylic acids is 1. The largest absolute Gasteiger partial charge is 0.416 e. The fraction of sp³-hybridized carbons (Fsp3) is 0.681. The van der Waals surface area contributed by atoms with Crippen molar-refractivity contribution in [1.29, 1.82) is 0 Å². The first kappa shape index (κ1) is 50.5. The van der Waals surface area contributed by atoms with E-state index < -0.39 is 33.3 Å². The maximum absolute atomic E-state index is 13.1. The molecule has 2 rings (SSSR count). The van der Waals surface area contributed by atoms with Gasteiger partial charge in [0.25, 0.3) is 8.32 Å². The van der Waals surface area contributed by atoms with E-state index in [0.29, 0.717) is 32.5 Å². The maximum atomic E-state index is 13.1. The number of Topliss-reactive ketones (excluding diaryl/α,β-unsaturated/α-hetero) is 1. The molecule has 9 heteroatoms. The highest BCUT2D eigenvalue weighted by atomic mass is 28.4. The molecule has 0 aromatic heterocycles. The Labute approximate surface area is 349 Å². The molecule has 2 aromatic carbocycles. The van der Waals surface area contributed by atoms with Gasteiger partial charge in [-0.25, -0.2) is 0 Å². The molecule has 0 heterocycles. The molecule has 5 nitrogen and oxygen atoms in total. The molecule has 0 N–H and O–H groups in total. The zero-order chi connectivity index (χ0) is 42.5. The van der Waals surface area contributed by atoms with E-state index in [2.05, 4.69) is 182 Å². The van der Waals surface area contributed by atoms with Crippen LogP contribution in [0.4, 0.5) is 0 Å². The number of benzene rings is 2. The van der Waals surface area contributed by atoms with Crippen molar-refractivity contribution in [2.24, 2.45) is 0 Å². The van der Waals surface area contributed by atoms with Crippen LogP contribution >= 0.6 is 0 Å². The summed E-state index contributed by atoms with van der Waals surface area (Å²) in [4.78, 5) is 13.1. The molecule has 2 unspecified atom stereocenters. The van der Waals surface area contributed by atoms with E-state index >= 15 is 0 Å². The van der Waals surface area contributed by atoms with Gasteiger partial charge in [-0.2, -0.15) is 0 Å². The lowest BCUT2D eigenvalue weighted by molar-refractivity contribution is -0.114. The summed E-state index contributed by atoms with van der Waals surface area (Å²) in [5.74, 6) is 6.04. The molecular formula is C47H82O5Si4. The summed E-state index contributed by atoms with van der Waals surface area (Å²) >= 11 is 0. The molecule has 0 radical (unpaired) electrons. The first-order valence-electron chi connectivity index (χ1n) is 21.7. The predicted octanol–water partition coefficient (Wildman–Crippen LogP) is 12.3. The van der Waals surface area contributed by atoms with Crippen LogP contribution in [0.2, 0.25) is 59.4 Å². The minimum Gasteiger partial charge on any atom is -0.416 e. The van der Waals surface area contributed by atoms with Gasteiger partial charge in [-0.05, 0) is 101 Å². The van der Waals surface area contributed by atoms with Gasteiger partial charge in [-0.3, -0.25) is 4.79 Å². The number of hydrogen-bond donors (Lipinski definition) is 0. The van der Waals surface area contributed by atoms with Crippen LogP contribution in [-0.2, 0) is 22.5 Å². The van der Waals surface area contributed by atoms with E-state index in [9.17, 15) is 4.79 Å². The second-order valence-electron chi connectivity index (χ2n) is 20.0. The second-order valence-corrected chi connectivity index (χ2v) is 38.6. The average molecular weight is 840 g/mol. The van der Waals surface area contributed by atoms with Crippen molar-refractivity contribution < 1.29 is 22.5 Å². The predicted molar refractivity (Wildman–Crippen MR) is 251 cm³/mol. The van der Waals surface area contributed by atoms with Crippen molar-refractivity contribution in [3.8, 4) is 11.8 Å². The Morgan fingerprint density at radius 2 is 1.05 bits per heavy atom. The Bertz CT molecular complexity index is 1460. The molecule has 0 saturated heterocycles. The topological polar surface area (TPSA) is 54.0 Å². The molecule has 0 saturated carbocycles. The molecule has 0 aliphatic heterocycles. The van der Waals surface area contributed by atoms with Crippen molar-refractivity contribution in [2.75, 3.05) is 13.2 Å². The summed E-state index contributed by atoms with van der Waals surface area (Å²) < 4.78 is 28.1. The van der Waals surface area contributed by atoms with Gasteiger partial charge in [0.15, 0.2) is 25.0 Å². The summed E-state index contributed by atoms with van der Waals surface area (Å²) in [6, 6.07) is 25.0. The Kier molecular flexibility index (Phi) is 19.5. The van der Waals surface area contributed by atoms with Gasteiger partial charge in [0, 0.05) is 38.3 Å². The summed E-state index contributed by atoms with van der Waals surface area (Å²) in [5, 5.41) is 2.74. The summed E-state index contributed by atoms with van der Waals surface area (Å²) in [6.07, 6.45) is 4.24. The lowest BCUT2D eigenvalue weighted by Gasteiger charge is -2.44. The Morgan fingerprint density at radius 3 is 1.48 bits per heavy atom. The molecule has 316 valence electrons. The van der Waals surface area contributed by atoms with Gasteiger partial charge < -0.3 is 17.7 Å². The Balaban J connectivity index is 2.34. The van der Waals surface area contributed by atoms with Gasteiger partial charge in [-0.15, -0.1) is 0 Å². The van der Waals surface area contributed by atoms with Crippen LogP contribution in [0.3, 0.4) is 0 Å². The first-order chi connectivity index (χ1) is 25.9. The van der Waals surface area contributed by atoms with Crippen LogP contribution < -0.4 is 10.4 Å². The maximum Gasteiger partial charge on any atom is 0.261 e. The average Bonchev–Trinajstić information content (AvgIpc) is 3.12. The number of carbonyl (C=O) groups is 1. The standard InChI is InChI=1S/C47H82O5Si4/c1-17-55(18-2,19-3)52-41(34-33-40(48)28-26-27-38-49-53(13,14)45(4,5)6)35-36-42(51-54(15,16)46(7,8)9)37-39-50-56(47(10,11)12,43-29-22-20-23-30-43)44-31-24-21-25-32-44/h20-25,29-32,41-42H,17-19,27,33-39H2,1-16H3. The highest BCUT2D eigenvalue weighted by molar-refractivity contribution is 6.99. The van der Waals surface area contributed by atoms with Crippen molar-refractivity contribution >= 4 is 49.4 Å². The Hall–Kier alpha value is -1.62. The summed E-state index contributed by atoms with van der Waals surface area (Å²) in [6.45, 7) is 37.9. The van der Waals surface area contributed by atoms with Crippen LogP contribution in [0.15, 0.2) is 60.7 Å². The van der Waals surface area contributed by atoms with Crippen molar-refractivity contribution in [1.82, 2.24) is 0 Å². The van der Waals surface area contributed by atoms with Crippen LogP contribution in [-0.4, -0.2) is 64.5 Å². The molecule has 2 aromatic rings. The van der Waals surface area contributed by atoms with Gasteiger partial charge in [0.05, 0.1) is 0 Å². The van der Waals surface area contributed by atoms with E-state index in [0.717, 1.165) is 37.4 Å². The minimum atomic E-state index is -2.68. The number of hydrogen-bond acceptors (Lipinski definition) is 5. The van der Waals surface area contributed by atoms with Gasteiger partial charge >= 0.3 is 0 Å². The third-order valence-electron chi connectivity index (χ3n) is 13.0. The fourth-order valence-electron chi connectivity index (χ4n) is 7.04. The molecule has 0 amide bonds. The third-order valence-corrected chi connectivity index (χ3v) is 31.8. The van der Waals surface area contributed by atoms with Crippen LogP contribution in [0.25, 0.3) is 0 Å². The van der Waals surface area contributed by atoms with Crippen LogP contribution in [0, 0.1) is 11.8 Å². The number of rotatable bonds is 22. The molecule has 2 atom stereocenters. The van der Waals surface area contributed by atoms with Gasteiger partial charge in [0.2, 0.25) is 5.78 Å². The van der Waals surface area contributed by atoms with Crippen molar-refractivity contribution in [3.05, 3.63) is 60.7 Å². The summed E-state index contributed by atoms with van der Waals surface area (Å²) in [5.41, 5.74) is 0. The minimum absolute atomic E-state index is 0.00250. The zero-order valence-electron chi connectivity index (χ0n) is 38.7. The quantitative estimate of drug-likeness (QED) is 0.0512. The summed E-state index contributed by atoms with van der Waals surface area (Å²) in [7, 11) is -8.54. The molecule has 0 bridgehead atoms. The molecule has 0 spiro atoms. The van der Waals surface area contributed by atoms with E-state index in [4.69, 9.17) is 17.7 Å². The lowest BCUT2D eigenvalue weighted by atomic mass is 10.0. The first-order valence-corrected chi connectivity index (χ1v) is 31.9. The van der Waals surface area contributed by atoms with E-state index in [1.807, 2.05) is 0 Å². The Morgan fingerprint density at radius 1 is 0.589 bits per heavy atom. The van der Waals surface area contributed by atoms with Crippen molar-refractivity contribution in [2.45, 2.75) is 193 Å². The smallest absolute Gasteiger partial charge is 0.261 e. The van der Waals surface area contributed by atoms with Crippen LogP contribution in [0.1, 0.15) is 122 Å². The van der Waals surface area contributed by atoms with Gasteiger partial charge in [-0.1, -0.05) is 150 Å². The molecule has 56 heavy (non-hydrogen) atoms. The van der Waals surface area contributed by atoms with Gasteiger partial charge in [0.1, 0.15) is 0 Å². The van der Waals surface area contributed by atoms with Crippen LogP contribution in [0.5, 0.6) is 0 Å². The highest BCUT2D eigenvalue weighted by Crippen LogP contribution is 2.40. The molecular weight excluding hydrogens is 757 g/mol. The normalized spacial score (nSPS) is 14.6. The number of ketones is 1. The monoisotopic (exact) mass is 839 g/mol. The molecule has 0 aliphatic rings. The van der Waals surface area contributed by atoms with E-state index in [-0.39, 0.29) is 33.1 Å². The van der Waals surface area contributed by atoms with E-state index in [1.54, 1.807) is 0 Å². The zero-order valence-corrected chi connectivity index (χ0v) is 42.7. The fourth-order valence-corrected chi connectivity index (χ4v) is 17.0. The van der Waals surface area contributed by atoms with Crippen molar-refractivity contribution in [3.63, 3.8) is 0 Å². The lowest BCUT2D eigenvalue weighted by Crippen LogP contribution is -2.66. The molecule has 0 fully saturated rings. The highest BCUT2D eigenvalue weighted by Gasteiger charge is 2.50. The molecule has 0 aliphatic carbocycles. The van der Waals surface area contributed by atoms with E-state index in [1.165, 1.54) is 10.4 Å².